The van der Waals surface area contributed by atoms with Crippen molar-refractivity contribution in [3.8, 4) is 11.6 Å². The van der Waals surface area contributed by atoms with Crippen molar-refractivity contribution in [2.75, 3.05) is 0 Å². The number of rotatable bonds is 3. The molecular weight excluding hydrogens is 256 g/mol. The van der Waals surface area contributed by atoms with Crippen LogP contribution < -0.4 is 10.5 Å². The van der Waals surface area contributed by atoms with E-state index in [-0.39, 0.29) is 0 Å². The fourth-order valence-corrected chi connectivity index (χ4v) is 1.58. The van der Waals surface area contributed by atoms with Gasteiger partial charge in [-0.2, -0.15) is 0 Å². The van der Waals surface area contributed by atoms with Gasteiger partial charge in [-0.3, -0.25) is 0 Å². The van der Waals surface area contributed by atoms with E-state index in [1.54, 1.807) is 42.6 Å². The van der Waals surface area contributed by atoms with E-state index >= 15 is 0 Å². The second-order valence-corrected chi connectivity index (χ2v) is 4.18. The van der Waals surface area contributed by atoms with Crippen LogP contribution in [0.4, 0.5) is 0 Å². The van der Waals surface area contributed by atoms with Gasteiger partial charge in [-0.1, -0.05) is 29.9 Å². The van der Waals surface area contributed by atoms with Crippen molar-refractivity contribution < 1.29 is 4.74 Å². The predicted molar refractivity (Wildman–Crippen MR) is 71.7 cm³/mol. The zero-order valence-electron chi connectivity index (χ0n) is 8.76. The molecule has 2 rings (SSSR count). The molecule has 2 N–H and O–H groups in total. The summed E-state index contributed by atoms with van der Waals surface area (Å²) < 4.78 is 5.54. The number of pyridine rings is 1. The maximum atomic E-state index is 5.85. The average Bonchev–Trinajstić information content (AvgIpc) is 2.29. The average molecular weight is 265 g/mol. The van der Waals surface area contributed by atoms with Crippen molar-refractivity contribution in [1.82, 2.24) is 4.98 Å². The van der Waals surface area contributed by atoms with E-state index < -0.39 is 0 Å². The van der Waals surface area contributed by atoms with Crippen molar-refractivity contribution in [3.05, 3.63) is 53.2 Å². The lowest BCUT2D eigenvalue weighted by atomic mass is 10.3. The van der Waals surface area contributed by atoms with Crippen LogP contribution in [0.2, 0.25) is 5.02 Å². The summed E-state index contributed by atoms with van der Waals surface area (Å²) in [7, 11) is 0. The Morgan fingerprint density at radius 1 is 1.29 bits per heavy atom. The van der Waals surface area contributed by atoms with E-state index in [2.05, 4.69) is 4.98 Å². The molecule has 0 bridgehead atoms. The predicted octanol–water partition coefficient (Wildman–Crippen LogP) is 3.16. The molecular formula is C12H9ClN2OS. The van der Waals surface area contributed by atoms with Crippen LogP contribution in [0.15, 0.2) is 42.6 Å². The van der Waals surface area contributed by atoms with E-state index in [4.69, 9.17) is 34.3 Å². The molecule has 0 amide bonds. The summed E-state index contributed by atoms with van der Waals surface area (Å²) in [5.74, 6) is 1.04. The first kappa shape index (κ1) is 11.8. The van der Waals surface area contributed by atoms with Gasteiger partial charge in [0.05, 0.1) is 0 Å². The second-order valence-electron chi connectivity index (χ2n) is 3.31. The van der Waals surface area contributed by atoms with Gasteiger partial charge in [0.25, 0.3) is 0 Å². The summed E-state index contributed by atoms with van der Waals surface area (Å²) >= 11 is 10.7. The third-order valence-electron chi connectivity index (χ3n) is 2.04. The molecule has 3 nitrogen and oxygen atoms in total. The topological polar surface area (TPSA) is 48.1 Å². The largest absolute Gasteiger partial charge is 0.439 e. The Hall–Kier alpha value is -1.65. The highest BCUT2D eigenvalue weighted by Crippen LogP contribution is 2.22. The Labute approximate surface area is 109 Å². The number of benzene rings is 1. The molecule has 0 saturated carbocycles. The van der Waals surface area contributed by atoms with Crippen LogP contribution in [-0.2, 0) is 0 Å². The monoisotopic (exact) mass is 264 g/mol. The molecule has 0 unspecified atom stereocenters. The molecule has 0 radical (unpaired) electrons. The van der Waals surface area contributed by atoms with Crippen LogP contribution in [0.3, 0.4) is 0 Å². The molecule has 0 aliphatic heterocycles. The first-order chi connectivity index (χ1) is 8.15. The molecule has 5 heteroatoms. The Morgan fingerprint density at radius 2 is 2.12 bits per heavy atom. The fourth-order valence-electron chi connectivity index (χ4n) is 1.27. The summed E-state index contributed by atoms with van der Waals surface area (Å²) in [6.07, 6.45) is 1.59. The molecule has 2 aromatic rings. The van der Waals surface area contributed by atoms with Gasteiger partial charge in [0.1, 0.15) is 10.7 Å². The minimum atomic E-state index is 0.309. The minimum absolute atomic E-state index is 0.309. The second kappa shape index (κ2) is 5.12. The van der Waals surface area contributed by atoms with E-state index in [1.165, 1.54) is 0 Å². The standard InChI is InChI=1S/C12H9ClN2OS/c13-9-2-1-3-10(7-9)16-11-6-8(12(14)17)4-5-15-11/h1-7H,(H2,14,17). The number of thiocarbonyl (C=S) groups is 1. The van der Waals surface area contributed by atoms with Crippen LogP contribution in [-0.4, -0.2) is 9.97 Å². The van der Waals surface area contributed by atoms with E-state index in [1.807, 2.05) is 0 Å². The molecule has 0 atom stereocenters. The van der Waals surface area contributed by atoms with Crippen molar-refractivity contribution >= 4 is 28.8 Å². The Morgan fingerprint density at radius 3 is 2.82 bits per heavy atom. The first-order valence-corrected chi connectivity index (χ1v) is 5.63. The van der Waals surface area contributed by atoms with Gasteiger partial charge in [-0.05, 0) is 24.3 Å². The van der Waals surface area contributed by atoms with Gasteiger partial charge in [-0.15, -0.1) is 0 Å². The van der Waals surface area contributed by atoms with Gasteiger partial charge in [0, 0.05) is 22.8 Å². The number of hydrogen-bond donors (Lipinski definition) is 1. The van der Waals surface area contributed by atoms with Gasteiger partial charge >= 0.3 is 0 Å². The van der Waals surface area contributed by atoms with Gasteiger partial charge in [-0.25, -0.2) is 4.98 Å². The molecule has 0 spiro atoms. The molecule has 1 aromatic carbocycles. The van der Waals surface area contributed by atoms with Gasteiger partial charge in [0.2, 0.25) is 5.88 Å². The fraction of sp³-hybridized carbons (Fsp3) is 0. The lowest BCUT2D eigenvalue weighted by molar-refractivity contribution is 0.463. The molecule has 1 aromatic heterocycles. The number of nitrogens with zero attached hydrogens (tertiary/aromatic N) is 1. The van der Waals surface area contributed by atoms with Crippen molar-refractivity contribution in [3.63, 3.8) is 0 Å². The number of aromatic nitrogens is 1. The van der Waals surface area contributed by atoms with Crippen molar-refractivity contribution in [2.24, 2.45) is 5.73 Å². The van der Waals surface area contributed by atoms with E-state index in [0.29, 0.717) is 27.2 Å². The van der Waals surface area contributed by atoms with Crippen LogP contribution in [0.25, 0.3) is 0 Å². The van der Waals surface area contributed by atoms with E-state index in [0.717, 1.165) is 0 Å². The molecule has 0 fully saturated rings. The van der Waals surface area contributed by atoms with Crippen LogP contribution in [0, 0.1) is 0 Å². The summed E-state index contributed by atoms with van der Waals surface area (Å²) in [6, 6.07) is 10.5. The number of nitrogens with two attached hydrogens (primary N) is 1. The minimum Gasteiger partial charge on any atom is -0.439 e. The zero-order chi connectivity index (χ0) is 12.3. The van der Waals surface area contributed by atoms with E-state index in [9.17, 15) is 0 Å². The highest BCUT2D eigenvalue weighted by molar-refractivity contribution is 7.80. The quantitative estimate of drug-likeness (QED) is 0.865. The number of ether oxygens (including phenoxy) is 1. The molecule has 1 heterocycles. The molecule has 0 saturated heterocycles. The van der Waals surface area contributed by atoms with Crippen LogP contribution in [0.1, 0.15) is 5.56 Å². The highest BCUT2D eigenvalue weighted by atomic mass is 35.5. The maximum Gasteiger partial charge on any atom is 0.219 e. The Kier molecular flexibility index (Phi) is 3.56. The van der Waals surface area contributed by atoms with Crippen molar-refractivity contribution in [2.45, 2.75) is 0 Å². The summed E-state index contributed by atoms with van der Waals surface area (Å²) in [6.45, 7) is 0. The lowest BCUT2D eigenvalue weighted by Crippen LogP contribution is -2.09. The SMILES string of the molecule is NC(=S)c1ccnc(Oc2cccc(Cl)c2)c1. The van der Waals surface area contributed by atoms with Crippen molar-refractivity contribution in [1.29, 1.82) is 0 Å². The molecule has 0 aliphatic rings. The van der Waals surface area contributed by atoms with Gasteiger partial charge in [0.15, 0.2) is 0 Å². The Bertz CT molecular complexity index is 560. The third kappa shape index (κ3) is 3.15. The highest BCUT2D eigenvalue weighted by Gasteiger charge is 2.02. The van der Waals surface area contributed by atoms with Crippen LogP contribution >= 0.6 is 23.8 Å². The number of hydrogen-bond acceptors (Lipinski definition) is 3. The summed E-state index contributed by atoms with van der Waals surface area (Å²) in [4.78, 5) is 4.37. The van der Waals surface area contributed by atoms with Crippen LogP contribution in [0.5, 0.6) is 11.6 Å². The zero-order valence-corrected chi connectivity index (χ0v) is 10.3. The smallest absolute Gasteiger partial charge is 0.219 e. The third-order valence-corrected chi connectivity index (χ3v) is 2.51. The Balaban J connectivity index is 2.24. The molecule has 17 heavy (non-hydrogen) atoms. The maximum absolute atomic E-state index is 5.85. The van der Waals surface area contributed by atoms with Gasteiger partial charge < -0.3 is 10.5 Å². The summed E-state index contributed by atoms with van der Waals surface area (Å²) in [5.41, 5.74) is 6.24. The normalized spacial score (nSPS) is 9.94. The molecule has 0 aliphatic carbocycles. The lowest BCUT2D eigenvalue weighted by Gasteiger charge is -2.06. The number of halogens is 1. The molecule has 86 valence electrons. The summed E-state index contributed by atoms with van der Waals surface area (Å²) in [5, 5.41) is 0.605. The first-order valence-electron chi connectivity index (χ1n) is 4.84.